The molecule has 2 aromatic carbocycles. The van der Waals surface area contributed by atoms with E-state index in [2.05, 4.69) is 10.1 Å². The summed E-state index contributed by atoms with van der Waals surface area (Å²) in [7, 11) is -2.24. The van der Waals surface area contributed by atoms with Crippen LogP contribution < -0.4 is 14.4 Å². The number of anilines is 2. The summed E-state index contributed by atoms with van der Waals surface area (Å²) in [4.78, 5) is 24.4. The molecule has 1 aliphatic heterocycles. The van der Waals surface area contributed by atoms with Crippen molar-refractivity contribution in [1.82, 2.24) is 0 Å². The standard InChI is InChI=1S/C19H20N2O6S/c1-26-19(23)13-6-5-7-14(12-13)20-18(22)17-10-11-21(28(2,24)25)15-8-3-4-9-16(15)27-17/h3-9,12,17H,10-11H2,1-2H3,(H,20,22)/t17-/m0/s1. The van der Waals surface area contributed by atoms with Gasteiger partial charge in [-0.1, -0.05) is 18.2 Å². The molecule has 0 bridgehead atoms. The number of ether oxygens (including phenoxy) is 2. The Balaban J connectivity index is 1.82. The second-order valence-electron chi connectivity index (χ2n) is 6.26. The molecule has 9 heteroatoms. The van der Waals surface area contributed by atoms with Crippen LogP contribution in [0.4, 0.5) is 11.4 Å². The smallest absolute Gasteiger partial charge is 0.337 e. The number of amides is 1. The van der Waals surface area contributed by atoms with E-state index in [1.807, 2.05) is 0 Å². The maximum atomic E-state index is 12.7. The van der Waals surface area contributed by atoms with Gasteiger partial charge in [0.05, 0.1) is 24.6 Å². The van der Waals surface area contributed by atoms with Crippen LogP contribution in [0.15, 0.2) is 48.5 Å². The van der Waals surface area contributed by atoms with E-state index in [1.54, 1.807) is 42.5 Å². The van der Waals surface area contributed by atoms with Crippen molar-refractivity contribution in [3.63, 3.8) is 0 Å². The van der Waals surface area contributed by atoms with E-state index in [0.29, 0.717) is 22.7 Å². The summed E-state index contributed by atoms with van der Waals surface area (Å²) in [6, 6.07) is 13.0. The molecule has 1 atom stereocenters. The monoisotopic (exact) mass is 404 g/mol. The quantitative estimate of drug-likeness (QED) is 0.783. The van der Waals surface area contributed by atoms with Gasteiger partial charge in [0, 0.05) is 18.7 Å². The SMILES string of the molecule is COC(=O)c1cccc(NC(=O)[C@@H]2CCN(S(C)(=O)=O)c3ccccc3O2)c1. The van der Waals surface area contributed by atoms with Gasteiger partial charge >= 0.3 is 5.97 Å². The summed E-state index contributed by atoms with van der Waals surface area (Å²) < 4.78 is 36.0. The zero-order chi connectivity index (χ0) is 20.3. The van der Waals surface area contributed by atoms with Crippen LogP contribution in [0.5, 0.6) is 5.75 Å². The first-order chi connectivity index (χ1) is 13.3. The van der Waals surface area contributed by atoms with Crippen LogP contribution in [0, 0.1) is 0 Å². The number of rotatable bonds is 4. The number of sulfonamides is 1. The van der Waals surface area contributed by atoms with Crippen LogP contribution in [0.2, 0.25) is 0 Å². The van der Waals surface area contributed by atoms with Gasteiger partial charge in [-0.2, -0.15) is 0 Å². The number of hydrogen-bond acceptors (Lipinski definition) is 6. The van der Waals surface area contributed by atoms with Gasteiger partial charge in [-0.15, -0.1) is 0 Å². The largest absolute Gasteiger partial charge is 0.478 e. The fraction of sp³-hybridized carbons (Fsp3) is 0.263. The summed E-state index contributed by atoms with van der Waals surface area (Å²) in [5.41, 5.74) is 1.11. The van der Waals surface area contributed by atoms with Crippen LogP contribution in [0.3, 0.4) is 0 Å². The highest BCUT2D eigenvalue weighted by atomic mass is 32.2. The number of carbonyl (C=O) groups is 2. The molecule has 0 aromatic heterocycles. The summed E-state index contributed by atoms with van der Waals surface area (Å²) in [6.07, 6.45) is 0.391. The lowest BCUT2D eigenvalue weighted by Gasteiger charge is -2.20. The molecule has 1 aliphatic rings. The fourth-order valence-electron chi connectivity index (χ4n) is 2.92. The Kier molecular flexibility index (Phi) is 5.55. The Morgan fingerprint density at radius 3 is 2.64 bits per heavy atom. The van der Waals surface area contributed by atoms with Gasteiger partial charge in [0.15, 0.2) is 6.10 Å². The molecule has 1 heterocycles. The molecule has 1 amide bonds. The van der Waals surface area contributed by atoms with Gasteiger partial charge in [-0.05, 0) is 30.3 Å². The molecule has 2 aromatic rings. The average molecular weight is 404 g/mol. The van der Waals surface area contributed by atoms with Gasteiger partial charge in [0.1, 0.15) is 5.75 Å². The van der Waals surface area contributed by atoms with Crippen LogP contribution in [-0.4, -0.2) is 46.3 Å². The topological polar surface area (TPSA) is 102 Å². The first-order valence-corrected chi connectivity index (χ1v) is 10.4. The van der Waals surface area contributed by atoms with E-state index < -0.39 is 28.0 Å². The van der Waals surface area contributed by atoms with Crippen molar-refractivity contribution in [1.29, 1.82) is 0 Å². The molecule has 148 valence electrons. The van der Waals surface area contributed by atoms with Crippen molar-refractivity contribution in [2.75, 3.05) is 29.5 Å². The summed E-state index contributed by atoms with van der Waals surface area (Å²) in [5.74, 6) is -0.638. The summed E-state index contributed by atoms with van der Waals surface area (Å²) in [6.45, 7) is 0.107. The number of esters is 1. The molecule has 0 radical (unpaired) electrons. The highest BCUT2D eigenvalue weighted by Gasteiger charge is 2.31. The van der Waals surface area contributed by atoms with E-state index in [4.69, 9.17) is 4.74 Å². The number of methoxy groups -OCH3 is 1. The number of carbonyl (C=O) groups excluding carboxylic acids is 2. The third kappa shape index (κ3) is 4.25. The maximum absolute atomic E-state index is 12.7. The average Bonchev–Trinajstić information content (AvgIpc) is 2.87. The number of para-hydroxylation sites is 2. The first-order valence-electron chi connectivity index (χ1n) is 8.52. The minimum Gasteiger partial charge on any atom is -0.478 e. The first kappa shape index (κ1) is 19.7. The molecular weight excluding hydrogens is 384 g/mol. The predicted octanol–water partition coefficient (Wildman–Crippen LogP) is 2.03. The molecule has 3 rings (SSSR count). The number of fused-ring (bicyclic) bond motifs is 1. The zero-order valence-corrected chi connectivity index (χ0v) is 16.2. The Morgan fingerprint density at radius 1 is 1.18 bits per heavy atom. The second kappa shape index (κ2) is 7.89. The Labute approximate surface area is 163 Å². The minimum absolute atomic E-state index is 0.107. The van der Waals surface area contributed by atoms with E-state index in [1.165, 1.54) is 17.5 Å². The molecule has 0 unspecified atom stereocenters. The Morgan fingerprint density at radius 2 is 1.93 bits per heavy atom. The minimum atomic E-state index is -3.52. The fourth-order valence-corrected chi connectivity index (χ4v) is 3.87. The number of nitrogens with one attached hydrogen (secondary N) is 1. The van der Waals surface area contributed by atoms with Crippen LogP contribution in [-0.2, 0) is 19.6 Å². The molecule has 28 heavy (non-hydrogen) atoms. The van der Waals surface area contributed by atoms with Crippen LogP contribution >= 0.6 is 0 Å². The lowest BCUT2D eigenvalue weighted by Crippen LogP contribution is -2.36. The zero-order valence-electron chi connectivity index (χ0n) is 15.4. The molecule has 1 N–H and O–H groups in total. The van der Waals surface area contributed by atoms with Crippen LogP contribution in [0.1, 0.15) is 16.8 Å². The van der Waals surface area contributed by atoms with E-state index >= 15 is 0 Å². The van der Waals surface area contributed by atoms with Crippen molar-refractivity contribution >= 4 is 33.3 Å². The van der Waals surface area contributed by atoms with Crippen molar-refractivity contribution in [3.05, 3.63) is 54.1 Å². The number of hydrogen-bond donors (Lipinski definition) is 1. The molecule has 0 fully saturated rings. The Bertz CT molecular complexity index is 1000. The predicted molar refractivity (Wildman–Crippen MR) is 104 cm³/mol. The van der Waals surface area contributed by atoms with Gasteiger partial charge in [-0.3, -0.25) is 9.10 Å². The molecule has 0 aliphatic carbocycles. The van der Waals surface area contributed by atoms with Crippen molar-refractivity contribution in [2.24, 2.45) is 0 Å². The summed E-state index contributed by atoms with van der Waals surface area (Å²) in [5, 5.41) is 2.70. The van der Waals surface area contributed by atoms with Gasteiger partial charge < -0.3 is 14.8 Å². The number of benzene rings is 2. The van der Waals surface area contributed by atoms with Gasteiger partial charge in [-0.25, -0.2) is 13.2 Å². The third-order valence-electron chi connectivity index (χ3n) is 4.24. The second-order valence-corrected chi connectivity index (χ2v) is 8.17. The van der Waals surface area contributed by atoms with Gasteiger partial charge in [0.2, 0.25) is 10.0 Å². The molecular formula is C19H20N2O6S. The Hall–Kier alpha value is -3.07. The lowest BCUT2D eigenvalue weighted by atomic mass is 10.2. The molecule has 0 spiro atoms. The summed E-state index contributed by atoms with van der Waals surface area (Å²) >= 11 is 0. The highest BCUT2D eigenvalue weighted by Crippen LogP contribution is 2.34. The van der Waals surface area contributed by atoms with E-state index in [0.717, 1.165) is 6.26 Å². The van der Waals surface area contributed by atoms with Crippen molar-refractivity contribution in [3.8, 4) is 5.75 Å². The van der Waals surface area contributed by atoms with Crippen LogP contribution in [0.25, 0.3) is 0 Å². The van der Waals surface area contributed by atoms with Crippen molar-refractivity contribution < 1.29 is 27.5 Å². The van der Waals surface area contributed by atoms with Gasteiger partial charge in [0.25, 0.3) is 5.91 Å². The lowest BCUT2D eigenvalue weighted by molar-refractivity contribution is -0.122. The highest BCUT2D eigenvalue weighted by molar-refractivity contribution is 7.92. The van der Waals surface area contributed by atoms with Crippen molar-refractivity contribution in [2.45, 2.75) is 12.5 Å². The number of nitrogens with zero attached hydrogens (tertiary/aromatic N) is 1. The molecule has 8 nitrogen and oxygen atoms in total. The third-order valence-corrected chi connectivity index (χ3v) is 5.42. The van der Waals surface area contributed by atoms with E-state index in [9.17, 15) is 18.0 Å². The molecule has 0 saturated heterocycles. The van der Waals surface area contributed by atoms with E-state index in [-0.39, 0.29) is 13.0 Å². The normalized spacial score (nSPS) is 16.4. The maximum Gasteiger partial charge on any atom is 0.337 e. The molecule has 0 saturated carbocycles.